The molecule has 2 aliphatic rings. The number of para-hydroxylation sites is 1. The number of benzene rings is 3. The first-order valence-electron chi connectivity index (χ1n) is 9.52. The van der Waals surface area contributed by atoms with Gasteiger partial charge in [0, 0.05) is 28.1 Å². The first-order valence-corrected chi connectivity index (χ1v) is 9.90. The molecule has 0 radical (unpaired) electrons. The van der Waals surface area contributed by atoms with E-state index in [0.29, 0.717) is 34.2 Å². The van der Waals surface area contributed by atoms with Crippen molar-refractivity contribution in [2.45, 2.75) is 18.7 Å². The van der Waals surface area contributed by atoms with E-state index in [9.17, 15) is 10.2 Å². The molecule has 3 aromatic rings. The number of hydrogen-bond acceptors (Lipinski definition) is 6. The van der Waals surface area contributed by atoms with Gasteiger partial charge in [0.05, 0.1) is 18.9 Å². The Kier molecular flexibility index (Phi) is 4.44. The highest BCUT2D eigenvalue weighted by Crippen LogP contribution is 2.51. The Morgan fingerprint density at radius 2 is 1.93 bits per heavy atom. The van der Waals surface area contributed by atoms with Crippen LogP contribution in [0.4, 0.5) is 0 Å². The van der Waals surface area contributed by atoms with Crippen LogP contribution in [0.2, 0.25) is 5.02 Å². The van der Waals surface area contributed by atoms with Crippen molar-refractivity contribution in [3.63, 3.8) is 0 Å². The fraction of sp³-hybridized carbons (Fsp3) is 0.174. The smallest absolute Gasteiger partial charge is 0.214 e. The van der Waals surface area contributed by atoms with Gasteiger partial charge in [-0.3, -0.25) is 0 Å². The van der Waals surface area contributed by atoms with Crippen LogP contribution in [0, 0.1) is 0 Å². The summed E-state index contributed by atoms with van der Waals surface area (Å²) in [5, 5.41) is 27.6. The molecule has 5 rings (SSSR count). The monoisotopic (exact) mass is 422 g/mol. The summed E-state index contributed by atoms with van der Waals surface area (Å²) >= 11 is 6.16. The third-order valence-electron chi connectivity index (χ3n) is 5.43. The predicted molar refractivity (Wildman–Crippen MR) is 113 cm³/mol. The number of hydrogen-bond donors (Lipinski definition) is 2. The summed E-state index contributed by atoms with van der Waals surface area (Å²) in [4.78, 5) is 0. The lowest BCUT2D eigenvalue weighted by atomic mass is 9.95. The van der Waals surface area contributed by atoms with Crippen LogP contribution in [0.1, 0.15) is 35.4 Å². The zero-order valence-electron chi connectivity index (χ0n) is 16.1. The first-order chi connectivity index (χ1) is 14.5. The highest BCUT2D eigenvalue weighted by molar-refractivity contribution is 6.31. The van der Waals surface area contributed by atoms with Crippen molar-refractivity contribution in [2.24, 2.45) is 5.10 Å². The first kappa shape index (κ1) is 18.6. The second kappa shape index (κ2) is 7.15. The van der Waals surface area contributed by atoms with Gasteiger partial charge in [0.25, 0.3) is 0 Å². The van der Waals surface area contributed by atoms with Gasteiger partial charge in [-0.1, -0.05) is 35.9 Å². The van der Waals surface area contributed by atoms with Crippen LogP contribution in [-0.4, -0.2) is 28.0 Å². The molecule has 2 N–H and O–H groups in total. The number of aromatic hydroxyl groups is 2. The number of ether oxygens (including phenoxy) is 2. The van der Waals surface area contributed by atoms with Gasteiger partial charge in [-0.25, -0.2) is 5.01 Å². The van der Waals surface area contributed by atoms with Crippen LogP contribution in [-0.2, 0) is 0 Å². The zero-order chi connectivity index (χ0) is 20.8. The lowest BCUT2D eigenvalue weighted by Gasteiger charge is -2.38. The molecule has 0 aliphatic carbocycles. The molecule has 0 bridgehead atoms. The molecule has 0 aromatic heterocycles. The van der Waals surface area contributed by atoms with Gasteiger partial charge in [-0.15, -0.1) is 0 Å². The van der Waals surface area contributed by atoms with Crippen LogP contribution in [0.3, 0.4) is 0 Å². The lowest BCUT2D eigenvalue weighted by molar-refractivity contribution is -0.0210. The van der Waals surface area contributed by atoms with E-state index < -0.39 is 6.23 Å². The standard InChI is InChI=1S/C23H19ClN2O4/c1-29-21-7-3-6-16-19-12-18(17-11-14(24)8-9-20(17)28)25-26(19)23(30-22(16)21)13-4-2-5-15(27)10-13/h2-11,19,23,27-28H,12H2,1H3/t19-,23-/m1/s1. The number of fused-ring (bicyclic) bond motifs is 3. The summed E-state index contributed by atoms with van der Waals surface area (Å²) < 4.78 is 11.9. The number of nitrogens with zero attached hydrogens (tertiary/aromatic N) is 2. The molecule has 30 heavy (non-hydrogen) atoms. The van der Waals surface area contributed by atoms with Crippen LogP contribution in [0.15, 0.2) is 65.8 Å². The third-order valence-corrected chi connectivity index (χ3v) is 5.66. The molecule has 6 nitrogen and oxygen atoms in total. The Balaban J connectivity index is 1.65. The Bertz CT molecular complexity index is 1160. The van der Waals surface area contributed by atoms with Crippen molar-refractivity contribution in [2.75, 3.05) is 7.11 Å². The number of phenolic OH excluding ortho intramolecular Hbond substituents is 2. The molecule has 0 unspecified atom stereocenters. The van der Waals surface area contributed by atoms with E-state index in [-0.39, 0.29) is 17.5 Å². The van der Waals surface area contributed by atoms with E-state index >= 15 is 0 Å². The van der Waals surface area contributed by atoms with Crippen LogP contribution < -0.4 is 9.47 Å². The molecule has 0 saturated carbocycles. The molecule has 0 fully saturated rings. The van der Waals surface area contributed by atoms with Gasteiger partial charge in [-0.05, 0) is 36.4 Å². The maximum Gasteiger partial charge on any atom is 0.214 e. The van der Waals surface area contributed by atoms with Gasteiger partial charge in [-0.2, -0.15) is 5.10 Å². The predicted octanol–water partition coefficient (Wildman–Crippen LogP) is 5.00. The van der Waals surface area contributed by atoms with Gasteiger partial charge >= 0.3 is 0 Å². The maximum absolute atomic E-state index is 10.4. The fourth-order valence-corrected chi connectivity index (χ4v) is 4.22. The number of methoxy groups -OCH3 is 1. The molecule has 0 spiro atoms. The molecule has 0 saturated heterocycles. The highest BCUT2D eigenvalue weighted by atomic mass is 35.5. The van der Waals surface area contributed by atoms with Crippen LogP contribution in [0.25, 0.3) is 0 Å². The van der Waals surface area contributed by atoms with Gasteiger partial charge < -0.3 is 19.7 Å². The SMILES string of the molecule is COc1cccc2c1O[C@H](c1cccc(O)c1)N1N=C(c3cc(Cl)ccc3O)C[C@H]21. The van der Waals surface area contributed by atoms with Crippen molar-refractivity contribution in [1.29, 1.82) is 0 Å². The molecule has 3 aromatic carbocycles. The highest BCUT2D eigenvalue weighted by Gasteiger charge is 2.42. The molecule has 152 valence electrons. The molecular weight excluding hydrogens is 404 g/mol. The Morgan fingerprint density at radius 3 is 2.73 bits per heavy atom. The molecule has 2 heterocycles. The average Bonchev–Trinajstić information content (AvgIpc) is 3.20. The van der Waals surface area contributed by atoms with E-state index in [1.54, 1.807) is 43.5 Å². The Hall–Kier alpha value is -3.38. The van der Waals surface area contributed by atoms with Crippen molar-refractivity contribution >= 4 is 17.3 Å². The van der Waals surface area contributed by atoms with Crippen LogP contribution >= 0.6 is 11.6 Å². The lowest BCUT2D eigenvalue weighted by Crippen LogP contribution is -2.33. The number of halogens is 1. The Labute approximate surface area is 178 Å². The molecular formula is C23H19ClN2O4. The summed E-state index contributed by atoms with van der Waals surface area (Å²) in [5.74, 6) is 1.56. The molecule has 2 atom stereocenters. The minimum absolute atomic E-state index is 0.121. The number of phenols is 2. The van der Waals surface area contributed by atoms with E-state index in [1.807, 2.05) is 29.3 Å². The van der Waals surface area contributed by atoms with E-state index in [1.165, 1.54) is 0 Å². The number of hydrazone groups is 1. The minimum Gasteiger partial charge on any atom is -0.508 e. The number of rotatable bonds is 3. The topological polar surface area (TPSA) is 74.5 Å². The molecule has 2 aliphatic heterocycles. The fourth-order valence-electron chi connectivity index (χ4n) is 4.05. The zero-order valence-corrected chi connectivity index (χ0v) is 16.9. The van der Waals surface area contributed by atoms with Gasteiger partial charge in [0.1, 0.15) is 11.5 Å². The molecule has 7 heteroatoms. The average molecular weight is 423 g/mol. The van der Waals surface area contributed by atoms with Crippen molar-refractivity contribution in [1.82, 2.24) is 5.01 Å². The molecule has 0 amide bonds. The van der Waals surface area contributed by atoms with Crippen molar-refractivity contribution in [3.05, 3.63) is 82.4 Å². The summed E-state index contributed by atoms with van der Waals surface area (Å²) in [6.07, 6.45) is -0.00282. The van der Waals surface area contributed by atoms with Crippen LogP contribution in [0.5, 0.6) is 23.0 Å². The quantitative estimate of drug-likeness (QED) is 0.621. The second-order valence-corrected chi connectivity index (χ2v) is 7.69. The second-order valence-electron chi connectivity index (χ2n) is 7.25. The van der Waals surface area contributed by atoms with Gasteiger partial charge in [0.15, 0.2) is 11.5 Å². The maximum atomic E-state index is 10.4. The van der Waals surface area contributed by atoms with E-state index in [0.717, 1.165) is 11.1 Å². The summed E-state index contributed by atoms with van der Waals surface area (Å²) in [6, 6.07) is 17.5. The van der Waals surface area contributed by atoms with Crippen molar-refractivity contribution < 1.29 is 19.7 Å². The third kappa shape index (κ3) is 3.00. The largest absolute Gasteiger partial charge is 0.508 e. The van der Waals surface area contributed by atoms with E-state index in [4.69, 9.17) is 26.2 Å². The summed E-state index contributed by atoms with van der Waals surface area (Å²) in [5.41, 5.74) is 3.02. The summed E-state index contributed by atoms with van der Waals surface area (Å²) in [7, 11) is 1.61. The minimum atomic E-state index is -0.565. The normalized spacial score (nSPS) is 19.5. The Morgan fingerprint density at radius 1 is 1.10 bits per heavy atom. The van der Waals surface area contributed by atoms with E-state index in [2.05, 4.69) is 0 Å². The van der Waals surface area contributed by atoms with Gasteiger partial charge in [0.2, 0.25) is 6.23 Å². The van der Waals surface area contributed by atoms with Crippen molar-refractivity contribution in [3.8, 4) is 23.0 Å². The summed E-state index contributed by atoms with van der Waals surface area (Å²) in [6.45, 7) is 0.